The molecule has 1 amide bonds. The van der Waals surface area contributed by atoms with E-state index in [1.54, 1.807) is 30.6 Å². The van der Waals surface area contributed by atoms with Gasteiger partial charge >= 0.3 is 0 Å². The summed E-state index contributed by atoms with van der Waals surface area (Å²) in [5.74, 6) is -0.117. The first kappa shape index (κ1) is 12.4. The minimum absolute atomic E-state index is 0.117. The van der Waals surface area contributed by atoms with Crippen LogP contribution < -0.4 is 10.6 Å². The molecular weight excluding hydrogens is 254 g/mol. The van der Waals surface area contributed by atoms with Crippen LogP contribution in [-0.2, 0) is 17.8 Å². The van der Waals surface area contributed by atoms with Crippen LogP contribution in [0.4, 0.5) is 5.69 Å². The lowest BCUT2D eigenvalue weighted by molar-refractivity contribution is -0.118. The number of benzene rings is 1. The van der Waals surface area contributed by atoms with Crippen molar-refractivity contribution < 1.29 is 4.79 Å². The number of amides is 1. The summed E-state index contributed by atoms with van der Waals surface area (Å²) in [6, 6.07) is 8.60. The lowest BCUT2D eigenvalue weighted by Gasteiger charge is -2.22. The number of aromatic nitrogens is 2. The lowest BCUT2D eigenvalue weighted by atomic mass is 10.0. The molecule has 2 aromatic rings. The lowest BCUT2D eigenvalue weighted by Crippen LogP contribution is -2.44. The third-order valence-corrected chi connectivity index (χ3v) is 3.31. The van der Waals surface area contributed by atoms with Gasteiger partial charge in [0.2, 0.25) is 5.91 Å². The second-order valence-electron chi connectivity index (χ2n) is 4.65. The maximum Gasteiger partial charge on any atom is 0.241 e. The number of H-pyrrole nitrogens is 1. The van der Waals surface area contributed by atoms with Crippen molar-refractivity contribution in [2.75, 3.05) is 5.32 Å². The van der Waals surface area contributed by atoms with Gasteiger partial charge < -0.3 is 10.3 Å². The molecule has 100 valence electrons. The Morgan fingerprint density at radius 2 is 2.40 bits per heavy atom. The molecule has 0 bridgehead atoms. The number of rotatable bonds is 2. The van der Waals surface area contributed by atoms with Crippen LogP contribution in [0, 0.1) is 11.3 Å². The topological polar surface area (TPSA) is 93.6 Å². The molecule has 0 spiro atoms. The highest BCUT2D eigenvalue weighted by Crippen LogP contribution is 2.15. The maximum absolute atomic E-state index is 12.2. The Morgan fingerprint density at radius 3 is 3.25 bits per heavy atom. The number of fused-ring (bicyclic) bond motifs is 1. The zero-order valence-electron chi connectivity index (χ0n) is 10.7. The molecule has 0 radical (unpaired) electrons. The zero-order chi connectivity index (χ0) is 13.9. The molecule has 0 saturated heterocycles. The first-order valence-electron chi connectivity index (χ1n) is 6.32. The molecule has 1 atom stereocenters. The number of aromatic amines is 1. The van der Waals surface area contributed by atoms with Crippen LogP contribution in [-0.4, -0.2) is 21.9 Å². The Kier molecular flexibility index (Phi) is 3.19. The van der Waals surface area contributed by atoms with Gasteiger partial charge in [-0.05, 0) is 18.2 Å². The fourth-order valence-corrected chi connectivity index (χ4v) is 2.25. The molecule has 6 heteroatoms. The molecule has 1 aliphatic rings. The number of nitrogens with one attached hydrogen (secondary N) is 3. The van der Waals surface area contributed by atoms with E-state index in [0.29, 0.717) is 24.2 Å². The molecule has 0 aliphatic carbocycles. The van der Waals surface area contributed by atoms with E-state index in [1.807, 2.05) is 6.07 Å². The van der Waals surface area contributed by atoms with E-state index in [9.17, 15) is 4.79 Å². The van der Waals surface area contributed by atoms with Crippen molar-refractivity contribution in [3.05, 3.63) is 47.5 Å². The second kappa shape index (κ2) is 5.15. The van der Waals surface area contributed by atoms with Crippen molar-refractivity contribution >= 4 is 11.6 Å². The van der Waals surface area contributed by atoms with Crippen molar-refractivity contribution in [1.29, 1.82) is 5.26 Å². The van der Waals surface area contributed by atoms with E-state index < -0.39 is 0 Å². The largest absolute Gasteiger partial charge is 0.347 e. The van der Waals surface area contributed by atoms with Crippen molar-refractivity contribution in [1.82, 2.24) is 15.3 Å². The highest BCUT2D eigenvalue weighted by Gasteiger charge is 2.25. The summed E-state index contributed by atoms with van der Waals surface area (Å²) >= 11 is 0. The monoisotopic (exact) mass is 267 g/mol. The Morgan fingerprint density at radius 1 is 1.50 bits per heavy atom. The third-order valence-electron chi connectivity index (χ3n) is 3.31. The molecular formula is C14H13N5O. The average Bonchev–Trinajstić information content (AvgIpc) is 2.94. The van der Waals surface area contributed by atoms with E-state index in [2.05, 4.69) is 20.6 Å². The van der Waals surface area contributed by atoms with Crippen molar-refractivity contribution in [3.63, 3.8) is 0 Å². The fourth-order valence-electron chi connectivity index (χ4n) is 2.25. The van der Waals surface area contributed by atoms with Crippen molar-refractivity contribution in [3.8, 4) is 6.07 Å². The number of carbonyl (C=O) groups is 1. The molecule has 0 saturated carbocycles. The number of carbonyl (C=O) groups excluding carboxylic acids is 1. The minimum atomic E-state index is -0.309. The van der Waals surface area contributed by atoms with Crippen molar-refractivity contribution in [2.24, 2.45) is 0 Å². The van der Waals surface area contributed by atoms with Crippen LogP contribution >= 0.6 is 0 Å². The quantitative estimate of drug-likeness (QED) is 0.754. The second-order valence-corrected chi connectivity index (χ2v) is 4.65. The van der Waals surface area contributed by atoms with Gasteiger partial charge in [-0.25, -0.2) is 4.98 Å². The van der Waals surface area contributed by atoms with Gasteiger partial charge in [0.15, 0.2) is 0 Å². The average molecular weight is 267 g/mol. The molecule has 1 aromatic heterocycles. The summed E-state index contributed by atoms with van der Waals surface area (Å²) in [6.07, 6.45) is 2.20. The molecule has 1 aromatic carbocycles. The van der Waals surface area contributed by atoms with E-state index in [1.165, 1.54) is 0 Å². The predicted octanol–water partition coefficient (Wildman–Crippen LogP) is 0.934. The van der Waals surface area contributed by atoms with Gasteiger partial charge in [-0.3, -0.25) is 10.1 Å². The summed E-state index contributed by atoms with van der Waals surface area (Å²) in [4.78, 5) is 19.4. The number of nitrogens with zero attached hydrogens (tertiary/aromatic N) is 2. The molecule has 3 rings (SSSR count). The Hall–Kier alpha value is -2.65. The van der Waals surface area contributed by atoms with E-state index in [4.69, 9.17) is 5.26 Å². The van der Waals surface area contributed by atoms with Gasteiger partial charge in [-0.15, -0.1) is 0 Å². The van der Waals surface area contributed by atoms with E-state index >= 15 is 0 Å². The normalized spacial score (nSPS) is 17.1. The highest BCUT2D eigenvalue weighted by atomic mass is 16.2. The predicted molar refractivity (Wildman–Crippen MR) is 72.7 cm³/mol. The molecule has 1 unspecified atom stereocenters. The smallest absolute Gasteiger partial charge is 0.241 e. The summed E-state index contributed by atoms with van der Waals surface area (Å²) in [6.45, 7) is 0.603. The first-order chi connectivity index (χ1) is 9.76. The van der Waals surface area contributed by atoms with Gasteiger partial charge in [0.1, 0.15) is 0 Å². The Bertz CT molecular complexity index is 685. The molecule has 3 N–H and O–H groups in total. The third kappa shape index (κ3) is 2.39. The summed E-state index contributed by atoms with van der Waals surface area (Å²) in [5, 5.41) is 14.8. The van der Waals surface area contributed by atoms with Crippen LogP contribution in [0.25, 0.3) is 0 Å². The zero-order valence-corrected chi connectivity index (χ0v) is 10.7. The minimum Gasteiger partial charge on any atom is -0.347 e. The molecule has 0 fully saturated rings. The molecule has 2 heterocycles. The standard InChI is InChI=1S/C14H13N5O/c15-6-9-2-1-3-10(4-9)19-14(20)12-5-11-13(7-16-12)18-8-17-11/h1-4,8,12,16H,5,7H2,(H,17,18)(H,19,20). The van der Waals surface area contributed by atoms with Crippen LogP contribution in [0.2, 0.25) is 0 Å². The number of hydrogen-bond donors (Lipinski definition) is 3. The number of nitriles is 1. The van der Waals surface area contributed by atoms with Crippen LogP contribution in [0.5, 0.6) is 0 Å². The first-order valence-corrected chi connectivity index (χ1v) is 6.32. The number of hydrogen-bond acceptors (Lipinski definition) is 4. The SMILES string of the molecule is N#Cc1cccc(NC(=O)C2Cc3nc[nH]c3CN2)c1. The van der Waals surface area contributed by atoms with Crippen LogP contribution in [0.1, 0.15) is 17.0 Å². The van der Waals surface area contributed by atoms with Gasteiger partial charge in [0.05, 0.1) is 35.4 Å². The van der Waals surface area contributed by atoms with Gasteiger partial charge in [-0.2, -0.15) is 5.26 Å². The Balaban J connectivity index is 1.70. The molecule has 20 heavy (non-hydrogen) atoms. The Labute approximate surface area is 115 Å². The van der Waals surface area contributed by atoms with E-state index in [0.717, 1.165) is 11.4 Å². The van der Waals surface area contributed by atoms with E-state index in [-0.39, 0.29) is 11.9 Å². The van der Waals surface area contributed by atoms with Gasteiger partial charge in [0, 0.05) is 18.7 Å². The van der Waals surface area contributed by atoms with Crippen LogP contribution in [0.3, 0.4) is 0 Å². The van der Waals surface area contributed by atoms with Crippen molar-refractivity contribution in [2.45, 2.75) is 19.0 Å². The summed E-state index contributed by atoms with van der Waals surface area (Å²) < 4.78 is 0. The fraction of sp³-hybridized carbons (Fsp3) is 0.214. The van der Waals surface area contributed by atoms with Gasteiger partial charge in [-0.1, -0.05) is 6.07 Å². The number of imidazole rings is 1. The summed E-state index contributed by atoms with van der Waals surface area (Å²) in [7, 11) is 0. The highest BCUT2D eigenvalue weighted by molar-refractivity contribution is 5.95. The summed E-state index contributed by atoms with van der Waals surface area (Å²) in [5.41, 5.74) is 3.10. The van der Waals surface area contributed by atoms with Crippen LogP contribution in [0.15, 0.2) is 30.6 Å². The molecule has 6 nitrogen and oxygen atoms in total. The molecule has 1 aliphatic heterocycles. The van der Waals surface area contributed by atoms with Gasteiger partial charge in [0.25, 0.3) is 0 Å². The number of anilines is 1. The maximum atomic E-state index is 12.2.